The van der Waals surface area contributed by atoms with Gasteiger partial charge in [0.2, 0.25) is 0 Å². The number of methoxy groups -OCH3 is 1. The molecule has 8 heteroatoms. The number of hydrogen-bond acceptors (Lipinski definition) is 6. The Bertz CT molecular complexity index is 1150. The number of esters is 1. The maximum atomic E-state index is 13.0. The predicted octanol–water partition coefficient (Wildman–Crippen LogP) is 4.39. The zero-order valence-electron chi connectivity index (χ0n) is 20.0. The maximum absolute atomic E-state index is 13.0. The van der Waals surface area contributed by atoms with E-state index in [-0.39, 0.29) is 17.6 Å². The van der Waals surface area contributed by atoms with Crippen molar-refractivity contribution >= 4 is 34.3 Å². The molecule has 2 N–H and O–H groups in total. The van der Waals surface area contributed by atoms with Crippen LogP contribution in [0.3, 0.4) is 0 Å². The van der Waals surface area contributed by atoms with Crippen LogP contribution in [0.5, 0.6) is 0 Å². The molecule has 1 aliphatic rings. The van der Waals surface area contributed by atoms with Crippen LogP contribution in [0.2, 0.25) is 0 Å². The molecule has 1 saturated heterocycles. The Morgan fingerprint density at radius 3 is 2.76 bits per heavy atom. The summed E-state index contributed by atoms with van der Waals surface area (Å²) in [7, 11) is 1.34. The highest BCUT2D eigenvalue weighted by molar-refractivity contribution is 6.12. The van der Waals surface area contributed by atoms with Crippen molar-refractivity contribution in [2.75, 3.05) is 24.4 Å². The topological polar surface area (TPSA) is 94.5 Å². The Morgan fingerprint density at radius 2 is 2.09 bits per heavy atom. The highest BCUT2D eigenvalue weighted by Crippen LogP contribution is 2.33. The normalized spacial score (nSPS) is 16.4. The first kappa shape index (κ1) is 23.8. The first-order valence-corrected chi connectivity index (χ1v) is 11.8. The molecular weight excluding hydrogens is 432 g/mol. The van der Waals surface area contributed by atoms with Crippen LogP contribution in [0.4, 0.5) is 11.4 Å². The van der Waals surface area contributed by atoms with Crippen LogP contribution in [-0.4, -0.2) is 47.3 Å². The fraction of sp³-hybridized carbons (Fsp3) is 0.423. The number of aromatic nitrogens is 2. The molecule has 0 unspecified atom stereocenters. The van der Waals surface area contributed by atoms with Gasteiger partial charge in [0, 0.05) is 24.6 Å². The number of amides is 1. The Hall–Kier alpha value is -3.39. The molecular formula is C26H32N4O4. The molecule has 180 valence electrons. The monoisotopic (exact) mass is 464 g/mol. The van der Waals surface area contributed by atoms with Crippen LogP contribution in [0.1, 0.15) is 49.2 Å². The lowest BCUT2D eigenvalue weighted by molar-refractivity contribution is -0.124. The van der Waals surface area contributed by atoms with E-state index in [9.17, 15) is 9.59 Å². The van der Waals surface area contributed by atoms with E-state index >= 15 is 0 Å². The molecule has 8 nitrogen and oxygen atoms in total. The third kappa shape index (κ3) is 5.07. The summed E-state index contributed by atoms with van der Waals surface area (Å²) < 4.78 is 12.5. The smallest absolute Gasteiger partial charge is 0.356 e. The van der Waals surface area contributed by atoms with E-state index in [0.717, 1.165) is 24.1 Å². The van der Waals surface area contributed by atoms with E-state index in [1.54, 1.807) is 6.20 Å². The van der Waals surface area contributed by atoms with Gasteiger partial charge in [0.1, 0.15) is 11.8 Å². The molecule has 0 saturated carbocycles. The Morgan fingerprint density at radius 1 is 1.29 bits per heavy atom. The van der Waals surface area contributed by atoms with E-state index < -0.39 is 12.1 Å². The summed E-state index contributed by atoms with van der Waals surface area (Å²) >= 11 is 0. The minimum absolute atomic E-state index is 0.254. The molecule has 3 aromatic rings. The van der Waals surface area contributed by atoms with Crippen molar-refractivity contribution in [1.82, 2.24) is 9.55 Å². The average Bonchev–Trinajstić information content (AvgIpc) is 3.50. The number of fused-ring (bicyclic) bond motifs is 1. The van der Waals surface area contributed by atoms with Crippen molar-refractivity contribution in [3.63, 3.8) is 0 Å². The number of anilines is 2. The standard InChI is InChI=1S/C26H32N4O4/c1-4-17(2)28-19-15-20-22(29-25(31)21-11-8-14-34-21)23(26(32)33-3)30(24(20)27-16-19)13-12-18-9-6-5-7-10-18/h5-7,9-10,15-17,21,28H,4,8,11-14H2,1-3H3,(H,29,31)/t17-,21-/m1/s1. The van der Waals surface area contributed by atoms with Gasteiger partial charge in [0.05, 0.1) is 24.7 Å². The lowest BCUT2D eigenvalue weighted by atomic mass is 10.1. The van der Waals surface area contributed by atoms with Crippen LogP contribution in [0.15, 0.2) is 42.6 Å². The highest BCUT2D eigenvalue weighted by Gasteiger charge is 2.30. The number of carbonyl (C=O) groups is 2. The Kier molecular flexibility index (Phi) is 7.47. The fourth-order valence-corrected chi connectivity index (χ4v) is 4.22. The third-order valence-electron chi connectivity index (χ3n) is 6.24. The first-order valence-electron chi connectivity index (χ1n) is 11.8. The molecule has 2 atom stereocenters. The number of rotatable bonds is 9. The van der Waals surface area contributed by atoms with Crippen LogP contribution in [0, 0.1) is 0 Å². The van der Waals surface area contributed by atoms with Crippen LogP contribution < -0.4 is 10.6 Å². The number of benzene rings is 1. The number of nitrogens with one attached hydrogen (secondary N) is 2. The van der Waals surface area contributed by atoms with E-state index in [2.05, 4.69) is 24.5 Å². The van der Waals surface area contributed by atoms with Gasteiger partial charge in [-0.15, -0.1) is 0 Å². The number of nitrogens with zero attached hydrogens (tertiary/aromatic N) is 2. The molecule has 0 radical (unpaired) electrons. The second kappa shape index (κ2) is 10.7. The SMILES string of the molecule is CC[C@@H](C)Nc1cnc2c(c1)c(NC(=O)[C@H]1CCCO1)c(C(=O)OC)n2CCc1ccccc1. The van der Waals surface area contributed by atoms with Gasteiger partial charge in [0.15, 0.2) is 5.69 Å². The number of ether oxygens (including phenoxy) is 2. The Balaban J connectivity index is 1.80. The molecule has 1 amide bonds. The summed E-state index contributed by atoms with van der Waals surface area (Å²) in [5.74, 6) is -0.782. The predicted molar refractivity (Wildman–Crippen MR) is 132 cm³/mol. The minimum Gasteiger partial charge on any atom is -0.464 e. The highest BCUT2D eigenvalue weighted by atomic mass is 16.5. The number of hydrogen-bond donors (Lipinski definition) is 2. The summed E-state index contributed by atoms with van der Waals surface area (Å²) in [6, 6.07) is 12.2. The van der Waals surface area contributed by atoms with Crippen LogP contribution in [-0.2, 0) is 27.2 Å². The molecule has 1 aliphatic heterocycles. The van der Waals surface area contributed by atoms with E-state index in [0.29, 0.717) is 42.7 Å². The molecule has 0 spiro atoms. The average molecular weight is 465 g/mol. The zero-order chi connectivity index (χ0) is 24.1. The van der Waals surface area contributed by atoms with Gasteiger partial charge in [0.25, 0.3) is 5.91 Å². The Labute approximate surface area is 199 Å². The van der Waals surface area contributed by atoms with Gasteiger partial charge < -0.3 is 24.7 Å². The summed E-state index contributed by atoms with van der Waals surface area (Å²) in [5.41, 5.74) is 3.28. The molecule has 0 bridgehead atoms. The van der Waals surface area contributed by atoms with Crippen LogP contribution >= 0.6 is 0 Å². The number of aryl methyl sites for hydroxylation is 2. The van der Waals surface area contributed by atoms with Crippen molar-refractivity contribution in [2.24, 2.45) is 0 Å². The third-order valence-corrected chi connectivity index (χ3v) is 6.24. The molecule has 0 aliphatic carbocycles. The molecule has 1 fully saturated rings. The molecule has 34 heavy (non-hydrogen) atoms. The fourth-order valence-electron chi connectivity index (χ4n) is 4.22. The van der Waals surface area contributed by atoms with Crippen molar-refractivity contribution in [3.05, 3.63) is 53.9 Å². The quantitative estimate of drug-likeness (QED) is 0.456. The maximum Gasteiger partial charge on any atom is 0.356 e. The minimum atomic E-state index is -0.525. The molecule has 3 heterocycles. The lowest BCUT2D eigenvalue weighted by Gasteiger charge is -2.13. The van der Waals surface area contributed by atoms with E-state index in [1.807, 2.05) is 41.0 Å². The summed E-state index contributed by atoms with van der Waals surface area (Å²) in [5, 5.41) is 7.08. The van der Waals surface area contributed by atoms with Gasteiger partial charge in [-0.2, -0.15) is 0 Å². The largest absolute Gasteiger partial charge is 0.464 e. The second-order valence-electron chi connectivity index (χ2n) is 8.64. The van der Waals surface area contributed by atoms with E-state index in [1.165, 1.54) is 7.11 Å². The lowest BCUT2D eigenvalue weighted by Crippen LogP contribution is -2.28. The molecule has 4 rings (SSSR count). The summed E-state index contributed by atoms with van der Waals surface area (Å²) in [4.78, 5) is 30.7. The molecule has 1 aromatic carbocycles. The zero-order valence-corrected chi connectivity index (χ0v) is 20.0. The summed E-state index contributed by atoms with van der Waals surface area (Å²) in [6.07, 6.45) is 4.38. The van der Waals surface area contributed by atoms with Crippen LogP contribution in [0.25, 0.3) is 11.0 Å². The molecule has 2 aromatic heterocycles. The number of carbonyl (C=O) groups excluding carboxylic acids is 2. The number of pyridine rings is 1. The van der Waals surface area contributed by atoms with Crippen molar-refractivity contribution in [1.29, 1.82) is 0 Å². The van der Waals surface area contributed by atoms with Gasteiger partial charge in [-0.05, 0) is 44.2 Å². The van der Waals surface area contributed by atoms with Crippen molar-refractivity contribution in [2.45, 2.75) is 58.2 Å². The van der Waals surface area contributed by atoms with Crippen molar-refractivity contribution in [3.8, 4) is 0 Å². The van der Waals surface area contributed by atoms with E-state index in [4.69, 9.17) is 14.5 Å². The second-order valence-corrected chi connectivity index (χ2v) is 8.64. The van der Waals surface area contributed by atoms with Gasteiger partial charge in [-0.3, -0.25) is 4.79 Å². The van der Waals surface area contributed by atoms with Gasteiger partial charge >= 0.3 is 5.97 Å². The van der Waals surface area contributed by atoms with Gasteiger partial charge in [-0.25, -0.2) is 9.78 Å². The van der Waals surface area contributed by atoms with Gasteiger partial charge in [-0.1, -0.05) is 37.3 Å². The van der Waals surface area contributed by atoms with Crippen molar-refractivity contribution < 1.29 is 19.1 Å². The first-order chi connectivity index (χ1) is 16.5. The summed E-state index contributed by atoms with van der Waals surface area (Å²) in [6.45, 7) is 5.26.